The fourth-order valence-electron chi connectivity index (χ4n) is 8.42. The average Bonchev–Trinajstić information content (AvgIpc) is 4.00. The van der Waals surface area contributed by atoms with E-state index in [0.717, 1.165) is 17.2 Å². The smallest absolute Gasteiger partial charge is 0.409 e. The highest BCUT2D eigenvalue weighted by atomic mass is 35.5. The summed E-state index contributed by atoms with van der Waals surface area (Å²) in [5.74, 6) is -2.06. The number of fused-ring (bicyclic) bond motifs is 5. The number of hydrogen-bond acceptors (Lipinski definition) is 13. The molecule has 3 aromatic rings. The maximum atomic E-state index is 14.2. The molecule has 0 radical (unpaired) electrons. The van der Waals surface area contributed by atoms with Gasteiger partial charge in [0.05, 0.1) is 42.4 Å². The van der Waals surface area contributed by atoms with Gasteiger partial charge in [0.25, 0.3) is 11.6 Å². The number of benzene rings is 3. The van der Waals surface area contributed by atoms with E-state index in [9.17, 15) is 39.2 Å². The Kier molecular flexibility index (Phi) is 16.3. The number of nitro groups is 1. The Morgan fingerprint density at radius 3 is 2.54 bits per heavy atom. The van der Waals surface area contributed by atoms with Gasteiger partial charge in [-0.1, -0.05) is 80.4 Å². The van der Waals surface area contributed by atoms with Crippen LogP contribution in [0.3, 0.4) is 0 Å². The third-order valence-corrected chi connectivity index (χ3v) is 12.9. The number of carbonyl (C=O) groups is 5. The van der Waals surface area contributed by atoms with Gasteiger partial charge in [-0.15, -0.1) is 0 Å². The minimum atomic E-state index is -1.61. The summed E-state index contributed by atoms with van der Waals surface area (Å²) in [5.41, 5.74) is 2.59. The number of nitrogens with zero attached hydrogens (tertiary/aromatic N) is 3. The number of nitro benzene ring substituents is 1. The summed E-state index contributed by atoms with van der Waals surface area (Å²) in [6.45, 7) is 11.1. The molecule has 0 spiro atoms. The van der Waals surface area contributed by atoms with Crippen molar-refractivity contribution < 1.29 is 52.9 Å². The number of epoxide rings is 1. The van der Waals surface area contributed by atoms with E-state index < -0.39 is 70.0 Å². The molecule has 19 heteroatoms. The molecular weight excluding hydrogens is 912 g/mol. The molecule has 3 aromatic carbocycles. The van der Waals surface area contributed by atoms with Gasteiger partial charge in [-0.2, -0.15) is 5.10 Å². The minimum absolute atomic E-state index is 0.0445. The maximum absolute atomic E-state index is 14.2. The van der Waals surface area contributed by atoms with Crippen LogP contribution in [0.2, 0.25) is 5.02 Å². The fourth-order valence-corrected chi connectivity index (χ4v) is 8.73. The first kappa shape index (κ1) is 51.8. The highest BCUT2D eigenvalue weighted by Gasteiger charge is 2.64. The lowest BCUT2D eigenvalue weighted by Crippen LogP contribution is -2.57. The number of carbonyl (C=O) groups excluding carboxylic acids is 5. The van der Waals surface area contributed by atoms with E-state index in [2.05, 4.69) is 21.2 Å². The zero-order chi connectivity index (χ0) is 50.4. The first-order chi connectivity index (χ1) is 32.6. The zero-order valence-electron chi connectivity index (χ0n) is 39.9. The predicted molar refractivity (Wildman–Crippen MR) is 258 cm³/mol. The molecule has 4 bridgehead atoms. The minimum Gasteiger partial charge on any atom is -0.495 e. The van der Waals surface area contributed by atoms with Crippen LogP contribution in [0.25, 0.3) is 0 Å². The molecule has 6 rings (SSSR count). The summed E-state index contributed by atoms with van der Waals surface area (Å²) in [6.07, 6.45) is 3.12. The first-order valence-electron chi connectivity index (χ1n) is 22.7. The summed E-state index contributed by atoms with van der Waals surface area (Å²) < 4.78 is 23.7. The molecule has 3 heterocycles. The number of methoxy groups -OCH3 is 1. The van der Waals surface area contributed by atoms with Crippen molar-refractivity contribution >= 4 is 64.2 Å². The number of anilines is 2. The summed E-state index contributed by atoms with van der Waals surface area (Å²) in [5, 5.41) is 32.9. The van der Waals surface area contributed by atoms with Crippen LogP contribution in [0.1, 0.15) is 101 Å². The Morgan fingerprint density at radius 1 is 1.13 bits per heavy atom. The second-order valence-corrected chi connectivity index (χ2v) is 18.8. The molecule has 4 amide bonds. The monoisotopic (exact) mass is 970 g/mol. The quantitative estimate of drug-likeness (QED) is 0.0448. The van der Waals surface area contributed by atoms with E-state index in [-0.39, 0.29) is 54.3 Å². The SMILES string of the molecule is COc1cc2cc(c1Cl)N(C)C(=O)C[C@H](OC(=O)Cc1ccc(/C(C)=N/NC(=O)c3ccc(NC(=O)CCC(C)C)cc3[N+](=O)[O-])cc1)[C@]1(C)O[C@H]1[C@H](C)C1C[C@](O)(C/C=C/C=C(\C)C2)NC(=O)O1. The number of rotatable bonds is 12. The topological polar surface area (TPSA) is 241 Å². The molecular formula is C50H59ClN6O12. The third kappa shape index (κ3) is 12.9. The van der Waals surface area contributed by atoms with Crippen molar-refractivity contribution in [3.05, 3.63) is 116 Å². The van der Waals surface area contributed by atoms with Crippen molar-refractivity contribution in [2.45, 2.75) is 116 Å². The molecule has 18 nitrogen and oxygen atoms in total. The maximum Gasteiger partial charge on any atom is 0.409 e. The number of esters is 1. The normalized spacial score (nSPS) is 25.2. The molecule has 1 unspecified atom stereocenters. The predicted octanol–water partition coefficient (Wildman–Crippen LogP) is 7.72. The number of allylic oxidation sites excluding steroid dienone is 3. The van der Waals surface area contributed by atoms with Crippen LogP contribution in [0.5, 0.6) is 5.75 Å². The van der Waals surface area contributed by atoms with Gasteiger partial charge in [-0.3, -0.25) is 34.6 Å². The molecule has 4 N–H and O–H groups in total. The summed E-state index contributed by atoms with van der Waals surface area (Å²) in [4.78, 5) is 78.8. The van der Waals surface area contributed by atoms with Crippen molar-refractivity contribution in [1.82, 2.24) is 10.7 Å². The van der Waals surface area contributed by atoms with E-state index in [0.29, 0.717) is 47.0 Å². The number of aliphatic hydroxyl groups is 1. The van der Waals surface area contributed by atoms with Crippen LogP contribution in [-0.2, 0) is 41.4 Å². The lowest BCUT2D eigenvalue weighted by atomic mass is 9.84. The lowest BCUT2D eigenvalue weighted by molar-refractivity contribution is -0.385. The van der Waals surface area contributed by atoms with Gasteiger partial charge in [0, 0.05) is 44.0 Å². The number of hydrogen-bond donors (Lipinski definition) is 4. The number of nitrogens with one attached hydrogen (secondary N) is 3. The number of ether oxygens (including phenoxy) is 4. The number of hydrazone groups is 1. The van der Waals surface area contributed by atoms with Crippen LogP contribution in [0, 0.1) is 22.0 Å². The van der Waals surface area contributed by atoms with Gasteiger partial charge in [0.1, 0.15) is 39.9 Å². The fraction of sp³-hybridized carbons (Fsp3) is 0.440. The second kappa shape index (κ2) is 21.8. The van der Waals surface area contributed by atoms with E-state index >= 15 is 0 Å². The average molecular weight is 972 g/mol. The Morgan fingerprint density at radius 2 is 1.86 bits per heavy atom. The molecule has 0 saturated carbocycles. The van der Waals surface area contributed by atoms with Gasteiger partial charge in [-0.25, -0.2) is 10.2 Å². The summed E-state index contributed by atoms with van der Waals surface area (Å²) >= 11 is 6.79. The number of amides is 4. The van der Waals surface area contributed by atoms with E-state index in [1.165, 1.54) is 24.1 Å². The van der Waals surface area contributed by atoms with Crippen LogP contribution in [0.4, 0.5) is 21.9 Å². The second-order valence-electron chi connectivity index (χ2n) is 18.5. The van der Waals surface area contributed by atoms with E-state index in [1.807, 2.05) is 33.8 Å². The zero-order valence-corrected chi connectivity index (χ0v) is 40.7. The first-order valence-corrected chi connectivity index (χ1v) is 23.0. The van der Waals surface area contributed by atoms with Crippen molar-refractivity contribution in [1.29, 1.82) is 0 Å². The van der Waals surface area contributed by atoms with E-state index in [1.54, 1.807) is 69.4 Å². The van der Waals surface area contributed by atoms with Crippen LogP contribution < -0.4 is 25.7 Å². The largest absolute Gasteiger partial charge is 0.495 e. The van der Waals surface area contributed by atoms with Crippen molar-refractivity contribution in [3.8, 4) is 5.75 Å². The van der Waals surface area contributed by atoms with Crippen molar-refractivity contribution in [2.24, 2.45) is 16.9 Å². The standard InChI is InChI=1S/C50H59ClN6O12/c1-28(2)12-19-42(58)52-35-17-18-36(37(25-35)57(64)65)47(61)55-54-31(5)34-15-13-32(14-16-34)24-44(60)68-41-26-43(59)56(7)38-22-33(23-39(66-8)45(38)51)21-29(3)11-9-10-20-50(63)27-40(67-48(62)53-50)30(4)46-49(41,6)69-46/h9-11,13-18,22-23,25,28,30,40-41,46,63H,12,19-21,24,26-27H2,1-8H3,(H,52,58)(H,53,62)(H,55,61)/b10-9+,29-11+,54-31+/t30-,40?,41+,46+,49+,50-/m1/s1. The molecule has 3 aliphatic heterocycles. The molecule has 368 valence electrons. The van der Waals surface area contributed by atoms with Crippen molar-refractivity contribution in [2.75, 3.05) is 24.4 Å². The lowest BCUT2D eigenvalue weighted by Gasteiger charge is -2.39. The van der Waals surface area contributed by atoms with Crippen LogP contribution >= 0.6 is 11.6 Å². The number of alkyl carbamates (subject to hydrolysis) is 1. The molecule has 2 saturated heterocycles. The van der Waals surface area contributed by atoms with Gasteiger partial charge in [-0.05, 0) is 80.5 Å². The Bertz CT molecular complexity index is 2580. The molecule has 69 heavy (non-hydrogen) atoms. The van der Waals surface area contributed by atoms with Gasteiger partial charge in [0.2, 0.25) is 11.8 Å². The van der Waals surface area contributed by atoms with Gasteiger partial charge in [0.15, 0.2) is 0 Å². The van der Waals surface area contributed by atoms with E-state index in [4.69, 9.17) is 30.5 Å². The molecule has 3 aliphatic rings. The molecule has 0 aromatic heterocycles. The molecule has 2 fully saturated rings. The summed E-state index contributed by atoms with van der Waals surface area (Å²) in [6, 6.07) is 14.1. The number of halogens is 1. The molecule has 6 atom stereocenters. The van der Waals surface area contributed by atoms with Gasteiger partial charge < -0.3 is 34.3 Å². The van der Waals surface area contributed by atoms with Crippen molar-refractivity contribution in [3.63, 3.8) is 0 Å². The van der Waals surface area contributed by atoms with Gasteiger partial charge >= 0.3 is 12.1 Å². The van der Waals surface area contributed by atoms with Crippen LogP contribution in [-0.4, -0.2) is 89.3 Å². The Hall–Kier alpha value is -6.63. The van der Waals surface area contributed by atoms with Crippen LogP contribution in [0.15, 0.2) is 83.5 Å². The highest BCUT2D eigenvalue weighted by molar-refractivity contribution is 6.35. The molecule has 0 aliphatic carbocycles. The Balaban J connectivity index is 1.18. The Labute approximate surface area is 405 Å². The third-order valence-electron chi connectivity index (χ3n) is 12.6. The highest BCUT2D eigenvalue weighted by Crippen LogP contribution is 2.49. The summed E-state index contributed by atoms with van der Waals surface area (Å²) in [7, 11) is 3.05.